The van der Waals surface area contributed by atoms with Crippen LogP contribution in [-0.4, -0.2) is 9.55 Å². The van der Waals surface area contributed by atoms with Crippen molar-refractivity contribution in [2.24, 2.45) is 5.41 Å². The van der Waals surface area contributed by atoms with Gasteiger partial charge in [-0.2, -0.15) is 5.26 Å². The van der Waals surface area contributed by atoms with E-state index in [4.69, 9.17) is 4.98 Å². The molecule has 2 aromatic heterocycles. The molecule has 4 nitrogen and oxygen atoms in total. The Kier molecular flexibility index (Phi) is 4.84. The Morgan fingerprint density at radius 3 is 2.83 bits per heavy atom. The predicted molar refractivity (Wildman–Crippen MR) is 122 cm³/mol. The van der Waals surface area contributed by atoms with Crippen molar-refractivity contribution in [1.82, 2.24) is 9.55 Å². The number of thiazole rings is 1. The number of hydrogen-bond acceptors (Lipinski definition) is 4. The molecule has 29 heavy (non-hydrogen) atoms. The molecule has 1 aliphatic carbocycles. The van der Waals surface area contributed by atoms with Crippen molar-refractivity contribution in [3.8, 4) is 6.07 Å². The first-order valence-corrected chi connectivity index (χ1v) is 10.8. The Morgan fingerprint density at radius 1 is 1.41 bits per heavy atom. The van der Waals surface area contributed by atoms with Crippen LogP contribution in [0.3, 0.4) is 0 Å². The summed E-state index contributed by atoms with van der Waals surface area (Å²) >= 11 is 1.73. The van der Waals surface area contributed by atoms with Gasteiger partial charge in [0.15, 0.2) is 0 Å². The standard InChI is InChI=1S/C24H26N4S/c1-6-18-20(26-7-2)22-19(23-27-15(3)13-29-23)24(4,5)14-28(22)21(18)17-10-8-9-16(11-17)12-25/h6-7,10-11,13,19,26H,1-2,8-9,14H2,3-5H3. The monoisotopic (exact) mass is 402 g/mol. The van der Waals surface area contributed by atoms with Gasteiger partial charge in [0.25, 0.3) is 0 Å². The van der Waals surface area contributed by atoms with Crippen LogP contribution in [-0.2, 0) is 6.54 Å². The molecule has 4 rings (SSSR count). The molecule has 0 amide bonds. The zero-order valence-electron chi connectivity index (χ0n) is 17.2. The number of aromatic nitrogens is 2. The van der Waals surface area contributed by atoms with Crippen LogP contribution >= 0.6 is 11.3 Å². The third kappa shape index (κ3) is 3.08. The van der Waals surface area contributed by atoms with Crippen LogP contribution in [0.15, 0.2) is 42.5 Å². The van der Waals surface area contributed by atoms with Gasteiger partial charge >= 0.3 is 0 Å². The highest BCUT2D eigenvalue weighted by Crippen LogP contribution is 2.54. The van der Waals surface area contributed by atoms with Gasteiger partial charge < -0.3 is 9.88 Å². The molecule has 0 fully saturated rings. The molecule has 0 spiro atoms. The fourth-order valence-corrected chi connectivity index (χ4v) is 5.77. The van der Waals surface area contributed by atoms with Crippen LogP contribution in [0, 0.1) is 23.7 Å². The molecule has 2 aliphatic rings. The van der Waals surface area contributed by atoms with Gasteiger partial charge in [-0.05, 0) is 43.0 Å². The van der Waals surface area contributed by atoms with Crippen LogP contribution in [0.25, 0.3) is 11.6 Å². The molecule has 3 heterocycles. The van der Waals surface area contributed by atoms with Crippen molar-refractivity contribution in [1.29, 1.82) is 5.26 Å². The van der Waals surface area contributed by atoms with Crippen LogP contribution in [0.1, 0.15) is 60.3 Å². The lowest BCUT2D eigenvalue weighted by molar-refractivity contribution is 0.321. The molecule has 1 atom stereocenters. The van der Waals surface area contributed by atoms with Crippen LogP contribution < -0.4 is 5.32 Å². The Morgan fingerprint density at radius 2 is 2.21 bits per heavy atom. The summed E-state index contributed by atoms with van der Waals surface area (Å²) in [6, 6.07) is 2.34. The summed E-state index contributed by atoms with van der Waals surface area (Å²) in [7, 11) is 0. The molecule has 0 radical (unpaired) electrons. The van der Waals surface area contributed by atoms with Gasteiger partial charge in [0.05, 0.1) is 29.1 Å². The molecule has 1 aliphatic heterocycles. The van der Waals surface area contributed by atoms with Crippen LogP contribution in [0.2, 0.25) is 0 Å². The van der Waals surface area contributed by atoms with E-state index in [0.717, 1.165) is 58.2 Å². The van der Waals surface area contributed by atoms with E-state index >= 15 is 0 Å². The number of nitrogens with zero attached hydrogens (tertiary/aromatic N) is 3. The number of fused-ring (bicyclic) bond motifs is 1. The second-order valence-corrected chi connectivity index (χ2v) is 9.28. The minimum absolute atomic E-state index is 0.0165. The molecule has 5 heteroatoms. The van der Waals surface area contributed by atoms with Crippen molar-refractivity contribution in [3.63, 3.8) is 0 Å². The third-order valence-electron chi connectivity index (χ3n) is 5.82. The molecule has 1 unspecified atom stereocenters. The number of anilines is 1. The number of nitrogens with one attached hydrogen (secondary N) is 1. The average molecular weight is 403 g/mol. The molecule has 1 N–H and O–H groups in total. The Bertz CT molecular complexity index is 1100. The van der Waals surface area contributed by atoms with E-state index in [1.54, 1.807) is 17.5 Å². The molecule has 0 aromatic carbocycles. The maximum atomic E-state index is 9.44. The summed E-state index contributed by atoms with van der Waals surface area (Å²) in [5.41, 5.74) is 7.49. The molecule has 0 saturated carbocycles. The van der Waals surface area contributed by atoms with Gasteiger partial charge in [-0.25, -0.2) is 4.98 Å². The highest BCUT2D eigenvalue weighted by atomic mass is 32.1. The number of rotatable bonds is 5. The topological polar surface area (TPSA) is 53.6 Å². The largest absolute Gasteiger partial charge is 0.360 e. The maximum absolute atomic E-state index is 9.44. The third-order valence-corrected chi connectivity index (χ3v) is 6.85. The SMILES string of the molecule is C=CNc1c(C=C)c(C2=CCCC(C#N)=C2)n2c1C(c1nc(C)cs1)C(C)(C)C2. The van der Waals surface area contributed by atoms with Crippen molar-refractivity contribution in [2.45, 2.75) is 46.1 Å². The molecular weight excluding hydrogens is 376 g/mol. The zero-order valence-corrected chi connectivity index (χ0v) is 18.1. The van der Waals surface area contributed by atoms with Crippen molar-refractivity contribution < 1.29 is 0 Å². The van der Waals surface area contributed by atoms with E-state index in [1.807, 2.05) is 19.1 Å². The minimum atomic E-state index is 0.0165. The summed E-state index contributed by atoms with van der Waals surface area (Å²) in [6.07, 6.45) is 9.61. The van der Waals surface area contributed by atoms with Crippen molar-refractivity contribution in [3.05, 3.63) is 70.1 Å². The molecule has 0 bridgehead atoms. The van der Waals surface area contributed by atoms with Gasteiger partial charge in [0, 0.05) is 28.8 Å². The van der Waals surface area contributed by atoms with E-state index in [2.05, 4.69) is 54.4 Å². The Balaban J connectivity index is 2.00. The summed E-state index contributed by atoms with van der Waals surface area (Å²) in [4.78, 5) is 4.85. The molecule has 0 saturated heterocycles. The smallest absolute Gasteiger partial charge is 0.102 e. The highest BCUT2D eigenvalue weighted by molar-refractivity contribution is 7.09. The molecule has 2 aromatic rings. The number of allylic oxidation sites excluding steroid dienone is 4. The number of aryl methyl sites for hydroxylation is 1. The maximum Gasteiger partial charge on any atom is 0.102 e. The summed E-state index contributed by atoms with van der Waals surface area (Å²) in [5, 5.41) is 16.1. The van der Waals surface area contributed by atoms with E-state index in [0.29, 0.717) is 0 Å². The lowest BCUT2D eigenvalue weighted by Crippen LogP contribution is -2.20. The van der Waals surface area contributed by atoms with E-state index in [-0.39, 0.29) is 11.3 Å². The van der Waals surface area contributed by atoms with E-state index in [1.165, 1.54) is 5.69 Å². The highest BCUT2D eigenvalue weighted by Gasteiger charge is 2.46. The first-order valence-electron chi connectivity index (χ1n) is 9.90. The van der Waals surface area contributed by atoms with Gasteiger partial charge in [-0.15, -0.1) is 11.3 Å². The summed E-state index contributed by atoms with van der Waals surface area (Å²) in [5.74, 6) is 0.180. The van der Waals surface area contributed by atoms with Crippen LogP contribution in [0.5, 0.6) is 0 Å². The number of hydrogen-bond donors (Lipinski definition) is 1. The quantitative estimate of drug-likeness (QED) is 0.643. The van der Waals surface area contributed by atoms with Gasteiger partial charge in [-0.3, -0.25) is 0 Å². The second-order valence-electron chi connectivity index (χ2n) is 8.39. The van der Waals surface area contributed by atoms with Crippen molar-refractivity contribution in [2.75, 3.05) is 5.32 Å². The molecular formula is C24H26N4S. The first kappa shape index (κ1) is 19.5. The normalized spacial score (nSPS) is 19.7. The number of nitriles is 1. The minimum Gasteiger partial charge on any atom is -0.360 e. The van der Waals surface area contributed by atoms with E-state index in [9.17, 15) is 5.26 Å². The zero-order chi connectivity index (χ0) is 20.8. The van der Waals surface area contributed by atoms with Crippen molar-refractivity contribution >= 4 is 28.7 Å². The lowest BCUT2D eigenvalue weighted by Gasteiger charge is -2.26. The Labute approximate surface area is 176 Å². The first-order chi connectivity index (χ1) is 13.9. The Hall–Kier alpha value is -2.84. The van der Waals surface area contributed by atoms with Crippen LogP contribution in [0.4, 0.5) is 5.69 Å². The second kappa shape index (κ2) is 7.20. The fraction of sp³-hybridized carbons (Fsp3) is 0.333. The summed E-state index contributed by atoms with van der Waals surface area (Å²) < 4.78 is 2.41. The van der Waals surface area contributed by atoms with E-state index < -0.39 is 0 Å². The summed E-state index contributed by atoms with van der Waals surface area (Å²) in [6.45, 7) is 15.6. The average Bonchev–Trinajstić information content (AvgIpc) is 3.32. The molecule has 148 valence electrons. The van der Waals surface area contributed by atoms with Gasteiger partial charge in [0.2, 0.25) is 0 Å². The predicted octanol–water partition coefficient (Wildman–Crippen LogP) is 6.25. The lowest BCUT2D eigenvalue weighted by atomic mass is 9.79. The van der Waals surface area contributed by atoms with Gasteiger partial charge in [-0.1, -0.05) is 39.2 Å². The van der Waals surface area contributed by atoms with Gasteiger partial charge in [0.1, 0.15) is 5.01 Å². The fourth-order valence-electron chi connectivity index (χ4n) is 4.67.